The Morgan fingerprint density at radius 1 is 1.07 bits per heavy atom. The van der Waals surface area contributed by atoms with Gasteiger partial charge in [-0.1, -0.05) is 61.2 Å². The van der Waals surface area contributed by atoms with Crippen LogP contribution in [-0.2, 0) is 11.2 Å². The Labute approximate surface area is 170 Å². The number of amides is 1. The van der Waals surface area contributed by atoms with Gasteiger partial charge in [-0.15, -0.1) is 10.2 Å². The zero-order chi connectivity index (χ0) is 20.1. The summed E-state index contributed by atoms with van der Waals surface area (Å²) in [6, 6.07) is 16.1. The quantitative estimate of drug-likeness (QED) is 0.560. The van der Waals surface area contributed by atoms with Crippen LogP contribution < -0.4 is 5.32 Å². The molecule has 6 heteroatoms. The molecule has 0 aliphatic rings. The molecule has 2 unspecified atom stereocenters. The maximum Gasteiger partial charge on any atom is 0.277 e. The standard InChI is InChI=1S/C22H25N3O2S/c1-14-9-8-12-19(16(14)3)23-21(26)17(4)28-22-25-24-20(27-22)13-15(2)18-10-6-5-7-11-18/h5-12,15,17H,13H2,1-4H3,(H,23,26). The first-order chi connectivity index (χ1) is 13.4. The molecule has 5 nitrogen and oxygen atoms in total. The Morgan fingerprint density at radius 3 is 2.57 bits per heavy atom. The number of hydrogen-bond donors (Lipinski definition) is 1. The second-order valence-electron chi connectivity index (χ2n) is 6.97. The molecular weight excluding hydrogens is 370 g/mol. The molecule has 0 radical (unpaired) electrons. The van der Waals surface area contributed by atoms with Crippen molar-refractivity contribution in [2.75, 3.05) is 5.32 Å². The van der Waals surface area contributed by atoms with Gasteiger partial charge in [-0.05, 0) is 49.4 Å². The summed E-state index contributed by atoms with van der Waals surface area (Å²) in [4.78, 5) is 12.5. The fraction of sp³-hybridized carbons (Fsp3) is 0.318. The summed E-state index contributed by atoms with van der Waals surface area (Å²) >= 11 is 1.27. The van der Waals surface area contributed by atoms with E-state index in [2.05, 4.69) is 34.6 Å². The van der Waals surface area contributed by atoms with Crippen molar-refractivity contribution in [3.05, 3.63) is 71.1 Å². The Balaban J connectivity index is 1.58. The molecule has 0 bridgehead atoms. The van der Waals surface area contributed by atoms with Gasteiger partial charge in [0.15, 0.2) is 0 Å². The monoisotopic (exact) mass is 395 g/mol. The molecule has 1 N–H and O–H groups in total. The van der Waals surface area contributed by atoms with Crippen molar-refractivity contribution in [3.63, 3.8) is 0 Å². The molecule has 1 aromatic heterocycles. The number of nitrogens with one attached hydrogen (secondary N) is 1. The smallest absolute Gasteiger partial charge is 0.277 e. The zero-order valence-electron chi connectivity index (χ0n) is 16.6. The van der Waals surface area contributed by atoms with E-state index in [0.717, 1.165) is 16.8 Å². The zero-order valence-corrected chi connectivity index (χ0v) is 17.4. The van der Waals surface area contributed by atoms with E-state index in [1.165, 1.54) is 17.3 Å². The second kappa shape index (κ2) is 9.06. The minimum atomic E-state index is -0.347. The summed E-state index contributed by atoms with van der Waals surface area (Å²) in [5, 5.41) is 11.3. The number of anilines is 1. The van der Waals surface area contributed by atoms with E-state index in [-0.39, 0.29) is 17.1 Å². The highest BCUT2D eigenvalue weighted by atomic mass is 32.2. The normalized spacial score (nSPS) is 13.1. The number of thioether (sulfide) groups is 1. The van der Waals surface area contributed by atoms with Crippen molar-refractivity contribution in [3.8, 4) is 0 Å². The van der Waals surface area contributed by atoms with E-state index in [1.807, 2.05) is 57.2 Å². The molecule has 28 heavy (non-hydrogen) atoms. The summed E-state index contributed by atoms with van der Waals surface area (Å²) in [7, 11) is 0. The lowest BCUT2D eigenvalue weighted by Crippen LogP contribution is -2.23. The van der Waals surface area contributed by atoms with Gasteiger partial charge in [-0.3, -0.25) is 4.79 Å². The fourth-order valence-electron chi connectivity index (χ4n) is 2.86. The van der Waals surface area contributed by atoms with Gasteiger partial charge in [-0.2, -0.15) is 0 Å². The molecule has 1 amide bonds. The van der Waals surface area contributed by atoms with Crippen LogP contribution in [0, 0.1) is 13.8 Å². The van der Waals surface area contributed by atoms with Crippen molar-refractivity contribution < 1.29 is 9.21 Å². The van der Waals surface area contributed by atoms with Crippen LogP contribution in [0.3, 0.4) is 0 Å². The van der Waals surface area contributed by atoms with Gasteiger partial charge in [-0.25, -0.2) is 0 Å². The van der Waals surface area contributed by atoms with Gasteiger partial charge < -0.3 is 9.73 Å². The van der Waals surface area contributed by atoms with Crippen LogP contribution >= 0.6 is 11.8 Å². The van der Waals surface area contributed by atoms with E-state index < -0.39 is 0 Å². The molecule has 3 aromatic rings. The van der Waals surface area contributed by atoms with Crippen LogP contribution in [0.2, 0.25) is 0 Å². The van der Waals surface area contributed by atoms with Crippen molar-refractivity contribution in [2.24, 2.45) is 0 Å². The summed E-state index contributed by atoms with van der Waals surface area (Å²) in [6.07, 6.45) is 0.667. The highest BCUT2D eigenvalue weighted by Gasteiger charge is 2.20. The van der Waals surface area contributed by atoms with Crippen molar-refractivity contribution in [2.45, 2.75) is 50.5 Å². The predicted octanol–water partition coefficient (Wildman–Crippen LogP) is 5.15. The Bertz CT molecular complexity index is 940. The average Bonchev–Trinajstić information content (AvgIpc) is 3.12. The molecule has 0 aliphatic heterocycles. The third-order valence-corrected chi connectivity index (χ3v) is 5.74. The first kappa shape index (κ1) is 20.1. The lowest BCUT2D eigenvalue weighted by atomic mass is 9.98. The number of aromatic nitrogens is 2. The van der Waals surface area contributed by atoms with Gasteiger partial charge in [0.1, 0.15) is 0 Å². The van der Waals surface area contributed by atoms with Gasteiger partial charge >= 0.3 is 0 Å². The van der Waals surface area contributed by atoms with E-state index in [4.69, 9.17) is 4.42 Å². The van der Waals surface area contributed by atoms with Crippen molar-refractivity contribution in [1.82, 2.24) is 10.2 Å². The largest absolute Gasteiger partial charge is 0.416 e. The number of carbonyl (C=O) groups excluding carboxylic acids is 1. The maximum absolute atomic E-state index is 12.5. The lowest BCUT2D eigenvalue weighted by molar-refractivity contribution is -0.115. The van der Waals surface area contributed by atoms with Gasteiger partial charge in [0, 0.05) is 12.1 Å². The molecule has 0 spiro atoms. The highest BCUT2D eigenvalue weighted by molar-refractivity contribution is 8.00. The number of rotatable bonds is 7. The summed E-state index contributed by atoms with van der Waals surface area (Å²) < 4.78 is 5.75. The molecule has 2 atom stereocenters. The molecule has 0 fully saturated rings. The lowest BCUT2D eigenvalue weighted by Gasteiger charge is -2.13. The third kappa shape index (κ3) is 5.01. The van der Waals surface area contributed by atoms with E-state index in [0.29, 0.717) is 17.5 Å². The van der Waals surface area contributed by atoms with Gasteiger partial charge in [0.25, 0.3) is 5.22 Å². The molecule has 2 aromatic carbocycles. The molecule has 0 saturated heterocycles. The number of benzene rings is 2. The maximum atomic E-state index is 12.5. The Morgan fingerprint density at radius 2 is 1.82 bits per heavy atom. The number of nitrogens with zero attached hydrogens (tertiary/aromatic N) is 2. The van der Waals surface area contributed by atoms with Crippen LogP contribution in [-0.4, -0.2) is 21.4 Å². The number of aryl methyl sites for hydroxylation is 1. The number of hydrogen-bond acceptors (Lipinski definition) is 5. The highest BCUT2D eigenvalue weighted by Crippen LogP contribution is 2.26. The summed E-state index contributed by atoms with van der Waals surface area (Å²) in [5.74, 6) is 0.779. The minimum absolute atomic E-state index is 0.0869. The molecule has 0 saturated carbocycles. The van der Waals surface area contributed by atoms with E-state index in [1.54, 1.807) is 0 Å². The fourth-order valence-corrected chi connectivity index (χ4v) is 3.56. The molecule has 3 rings (SSSR count). The topological polar surface area (TPSA) is 68.0 Å². The van der Waals surface area contributed by atoms with Crippen LogP contribution in [0.15, 0.2) is 58.2 Å². The predicted molar refractivity (Wildman–Crippen MR) is 113 cm³/mol. The van der Waals surface area contributed by atoms with E-state index in [9.17, 15) is 4.79 Å². The molecular formula is C22H25N3O2S. The summed E-state index contributed by atoms with van der Waals surface area (Å²) in [6.45, 7) is 7.99. The van der Waals surface area contributed by atoms with Gasteiger partial charge in [0.05, 0.1) is 5.25 Å². The van der Waals surface area contributed by atoms with Crippen LogP contribution in [0.4, 0.5) is 5.69 Å². The SMILES string of the molecule is Cc1cccc(NC(=O)C(C)Sc2nnc(CC(C)c3ccccc3)o2)c1C. The number of carbonyl (C=O) groups is 1. The summed E-state index contributed by atoms with van der Waals surface area (Å²) in [5.41, 5.74) is 4.28. The molecule has 1 heterocycles. The van der Waals surface area contributed by atoms with E-state index >= 15 is 0 Å². The molecule has 146 valence electrons. The van der Waals surface area contributed by atoms with Crippen LogP contribution in [0.25, 0.3) is 0 Å². The third-order valence-electron chi connectivity index (χ3n) is 4.81. The van der Waals surface area contributed by atoms with Gasteiger partial charge in [0.2, 0.25) is 11.8 Å². The Kier molecular flexibility index (Phi) is 6.52. The van der Waals surface area contributed by atoms with Crippen molar-refractivity contribution in [1.29, 1.82) is 0 Å². The molecule has 0 aliphatic carbocycles. The minimum Gasteiger partial charge on any atom is -0.416 e. The average molecular weight is 396 g/mol. The second-order valence-corrected chi connectivity index (χ2v) is 8.27. The first-order valence-corrected chi connectivity index (χ1v) is 10.2. The first-order valence-electron chi connectivity index (χ1n) is 9.35. The van der Waals surface area contributed by atoms with Crippen LogP contribution in [0.1, 0.15) is 42.3 Å². The Hall–Kier alpha value is -2.60. The van der Waals surface area contributed by atoms with Crippen molar-refractivity contribution >= 4 is 23.4 Å². The van der Waals surface area contributed by atoms with Crippen LogP contribution in [0.5, 0.6) is 0 Å².